The second-order valence-electron chi connectivity index (χ2n) is 6.14. The Morgan fingerprint density at radius 3 is 3.11 bits per heavy atom. The van der Waals surface area contributed by atoms with Crippen molar-refractivity contribution < 1.29 is 9.53 Å². The number of methoxy groups -OCH3 is 1. The average molecular weight is 421 g/mol. The van der Waals surface area contributed by atoms with E-state index in [0.717, 1.165) is 18.1 Å². The fourth-order valence-electron chi connectivity index (χ4n) is 3.25. The van der Waals surface area contributed by atoms with Crippen LogP contribution in [0.4, 0.5) is 0 Å². The Balaban J connectivity index is 1.49. The van der Waals surface area contributed by atoms with E-state index in [1.807, 2.05) is 9.47 Å². The molecule has 4 rings (SSSR count). The van der Waals surface area contributed by atoms with Crippen LogP contribution in [0.1, 0.15) is 21.4 Å². The van der Waals surface area contributed by atoms with Gasteiger partial charge in [-0.05, 0) is 34.9 Å². The Morgan fingerprint density at radius 2 is 2.30 bits per heavy atom. The zero-order chi connectivity index (χ0) is 18.6. The van der Waals surface area contributed by atoms with Crippen LogP contribution in [-0.2, 0) is 22.5 Å². The molecule has 3 aromatic rings. The minimum Gasteiger partial charge on any atom is -0.383 e. The lowest BCUT2D eigenvalue weighted by atomic mass is 9.98. The number of hydrogen-bond donors (Lipinski definition) is 0. The summed E-state index contributed by atoms with van der Waals surface area (Å²) in [4.78, 5) is 17.7. The van der Waals surface area contributed by atoms with Gasteiger partial charge < -0.3 is 14.2 Å². The van der Waals surface area contributed by atoms with E-state index in [-0.39, 0.29) is 11.9 Å². The molecule has 1 unspecified atom stereocenters. The highest BCUT2D eigenvalue weighted by molar-refractivity contribution is 7.99. The van der Waals surface area contributed by atoms with E-state index in [1.54, 1.807) is 36.1 Å². The molecule has 0 aromatic carbocycles. The monoisotopic (exact) mass is 420 g/mol. The first-order chi connectivity index (χ1) is 13.3. The fraction of sp³-hybridized carbons (Fsp3) is 0.389. The molecule has 0 fully saturated rings. The quantitative estimate of drug-likeness (QED) is 0.549. The number of nitrogens with zero attached hydrogens (tertiary/aromatic N) is 4. The summed E-state index contributed by atoms with van der Waals surface area (Å²) >= 11 is 4.93. The van der Waals surface area contributed by atoms with Crippen LogP contribution >= 0.6 is 34.4 Å². The van der Waals surface area contributed by atoms with Crippen LogP contribution in [0, 0.1) is 0 Å². The van der Waals surface area contributed by atoms with Gasteiger partial charge in [0.15, 0.2) is 5.16 Å². The van der Waals surface area contributed by atoms with Crippen molar-refractivity contribution in [3.8, 4) is 0 Å². The molecule has 3 aromatic heterocycles. The molecule has 0 bridgehead atoms. The lowest BCUT2D eigenvalue weighted by Crippen LogP contribution is -2.40. The summed E-state index contributed by atoms with van der Waals surface area (Å²) in [7, 11) is 1.67. The van der Waals surface area contributed by atoms with Crippen molar-refractivity contribution in [2.24, 2.45) is 0 Å². The molecule has 0 spiro atoms. The summed E-state index contributed by atoms with van der Waals surface area (Å²) in [5.41, 5.74) is 1.27. The molecule has 1 aliphatic heterocycles. The molecule has 0 N–H and O–H groups in total. The number of hydrogen-bond acceptors (Lipinski definition) is 7. The molecule has 1 atom stereocenters. The zero-order valence-corrected chi connectivity index (χ0v) is 17.4. The molecule has 6 nitrogen and oxygen atoms in total. The number of thioether (sulfide) groups is 1. The highest BCUT2D eigenvalue weighted by atomic mass is 32.2. The molecule has 0 saturated heterocycles. The summed E-state index contributed by atoms with van der Waals surface area (Å²) in [6, 6.07) is 6.37. The molecular weight excluding hydrogens is 400 g/mol. The summed E-state index contributed by atoms with van der Waals surface area (Å²) in [6.45, 7) is 2.03. The molecule has 4 heterocycles. The Bertz CT molecular complexity index is 890. The summed E-state index contributed by atoms with van der Waals surface area (Å²) in [5.74, 6) is 0.490. The molecule has 0 aliphatic carbocycles. The third-order valence-electron chi connectivity index (χ3n) is 4.54. The van der Waals surface area contributed by atoms with Gasteiger partial charge in [-0.1, -0.05) is 17.8 Å². The smallest absolute Gasteiger partial charge is 0.233 e. The lowest BCUT2D eigenvalue weighted by molar-refractivity contribution is -0.130. The molecule has 1 aliphatic rings. The molecule has 9 heteroatoms. The van der Waals surface area contributed by atoms with E-state index in [2.05, 4.69) is 39.2 Å². The summed E-state index contributed by atoms with van der Waals surface area (Å²) < 4.78 is 7.04. The summed E-state index contributed by atoms with van der Waals surface area (Å²) in [5, 5.41) is 13.1. The van der Waals surface area contributed by atoms with Crippen LogP contribution in [0.5, 0.6) is 0 Å². The fourth-order valence-corrected chi connectivity index (χ4v) is 5.83. The SMILES string of the molecule is COCCn1cnnc1SCC(=O)N1CCc2sccc2C1c1cccs1. The largest absolute Gasteiger partial charge is 0.383 e. The molecule has 0 radical (unpaired) electrons. The van der Waals surface area contributed by atoms with Crippen LogP contribution in [0.3, 0.4) is 0 Å². The first-order valence-electron chi connectivity index (χ1n) is 8.66. The van der Waals surface area contributed by atoms with Crippen molar-refractivity contribution in [3.05, 3.63) is 50.6 Å². The summed E-state index contributed by atoms with van der Waals surface area (Å²) in [6.07, 6.45) is 2.61. The first-order valence-corrected chi connectivity index (χ1v) is 11.4. The number of carbonyl (C=O) groups is 1. The van der Waals surface area contributed by atoms with E-state index in [1.165, 1.54) is 27.1 Å². The van der Waals surface area contributed by atoms with Gasteiger partial charge in [0.05, 0.1) is 18.4 Å². The van der Waals surface area contributed by atoms with Crippen molar-refractivity contribution in [1.82, 2.24) is 19.7 Å². The molecule has 1 amide bonds. The van der Waals surface area contributed by atoms with Gasteiger partial charge in [0.1, 0.15) is 6.33 Å². The second-order valence-corrected chi connectivity index (χ2v) is 9.07. The average Bonchev–Trinajstić information content (AvgIpc) is 3.45. The Labute approximate surface area is 170 Å². The van der Waals surface area contributed by atoms with Crippen molar-refractivity contribution >= 4 is 40.3 Å². The highest BCUT2D eigenvalue weighted by Gasteiger charge is 2.33. The van der Waals surface area contributed by atoms with Crippen LogP contribution in [0.25, 0.3) is 0 Å². The standard InChI is InChI=1S/C18H20N4O2S3/c1-24-8-7-21-12-19-20-18(21)27-11-16(23)22-6-4-14-13(5-10-26-14)17(22)15-3-2-9-25-15/h2-3,5,9-10,12,17H,4,6-8,11H2,1H3. The number of fused-ring (bicyclic) bond motifs is 1. The maximum atomic E-state index is 13.1. The molecule has 142 valence electrons. The molecule has 27 heavy (non-hydrogen) atoms. The van der Waals surface area contributed by atoms with Crippen molar-refractivity contribution in [2.45, 2.75) is 24.2 Å². The van der Waals surface area contributed by atoms with Crippen molar-refractivity contribution in [1.29, 1.82) is 0 Å². The van der Waals surface area contributed by atoms with Crippen LogP contribution in [0.15, 0.2) is 40.4 Å². The Morgan fingerprint density at radius 1 is 1.37 bits per heavy atom. The van der Waals surface area contributed by atoms with Gasteiger partial charge in [0.25, 0.3) is 0 Å². The third-order valence-corrected chi connectivity index (χ3v) is 7.43. The normalized spacial score (nSPS) is 16.5. The number of ether oxygens (including phenoxy) is 1. The number of carbonyl (C=O) groups excluding carboxylic acids is 1. The van der Waals surface area contributed by atoms with Gasteiger partial charge in [-0.2, -0.15) is 0 Å². The second kappa shape index (κ2) is 8.55. The maximum Gasteiger partial charge on any atom is 0.233 e. The number of aromatic nitrogens is 3. The number of rotatable bonds is 7. The van der Waals surface area contributed by atoms with Gasteiger partial charge >= 0.3 is 0 Å². The molecular formula is C18H20N4O2S3. The predicted octanol–water partition coefficient (Wildman–Crippen LogP) is 3.31. The van der Waals surface area contributed by atoms with E-state index in [0.29, 0.717) is 18.9 Å². The lowest BCUT2D eigenvalue weighted by Gasteiger charge is -2.35. The van der Waals surface area contributed by atoms with Crippen LogP contribution in [-0.4, -0.2) is 51.6 Å². The molecule has 0 saturated carbocycles. The maximum absolute atomic E-state index is 13.1. The van der Waals surface area contributed by atoms with Crippen LogP contribution in [0.2, 0.25) is 0 Å². The Kier molecular flexibility index (Phi) is 5.92. The Hall–Kier alpha value is -1.68. The predicted molar refractivity (Wildman–Crippen MR) is 109 cm³/mol. The number of amides is 1. The highest BCUT2D eigenvalue weighted by Crippen LogP contribution is 2.39. The topological polar surface area (TPSA) is 60.2 Å². The minimum absolute atomic E-state index is 0.0273. The van der Waals surface area contributed by atoms with Crippen LogP contribution < -0.4 is 0 Å². The van der Waals surface area contributed by atoms with Crippen molar-refractivity contribution in [2.75, 3.05) is 26.0 Å². The zero-order valence-electron chi connectivity index (χ0n) is 14.9. The van der Waals surface area contributed by atoms with Gasteiger partial charge in [0, 0.05) is 30.0 Å². The van der Waals surface area contributed by atoms with Gasteiger partial charge in [-0.25, -0.2) is 0 Å². The van der Waals surface area contributed by atoms with Crippen molar-refractivity contribution in [3.63, 3.8) is 0 Å². The van der Waals surface area contributed by atoms with Gasteiger partial charge in [-0.15, -0.1) is 32.9 Å². The third kappa shape index (κ3) is 3.96. The number of thiophene rings is 2. The van der Waals surface area contributed by atoms with Gasteiger partial charge in [-0.3, -0.25) is 4.79 Å². The van der Waals surface area contributed by atoms with E-state index < -0.39 is 0 Å². The van der Waals surface area contributed by atoms with E-state index in [9.17, 15) is 4.79 Å². The van der Waals surface area contributed by atoms with E-state index in [4.69, 9.17) is 4.74 Å². The first kappa shape index (κ1) is 18.7. The van der Waals surface area contributed by atoms with Gasteiger partial charge in [0.2, 0.25) is 5.91 Å². The minimum atomic E-state index is 0.0273. The van der Waals surface area contributed by atoms with E-state index >= 15 is 0 Å².